The summed E-state index contributed by atoms with van der Waals surface area (Å²) in [5.74, 6) is 3.89. The third-order valence-corrected chi connectivity index (χ3v) is 3.94. The summed E-state index contributed by atoms with van der Waals surface area (Å²) >= 11 is 0. The van der Waals surface area contributed by atoms with Gasteiger partial charge >= 0.3 is 0 Å². The van der Waals surface area contributed by atoms with Crippen LogP contribution >= 0.6 is 0 Å². The average molecular weight is 191 g/mol. The molecule has 1 aromatic heterocycles. The molecule has 2 aliphatic carbocycles. The van der Waals surface area contributed by atoms with Crippen molar-refractivity contribution in [1.82, 2.24) is 14.8 Å². The van der Waals surface area contributed by atoms with Crippen LogP contribution in [0.1, 0.15) is 44.3 Å². The van der Waals surface area contributed by atoms with Gasteiger partial charge in [-0.1, -0.05) is 12.8 Å². The molecule has 3 heteroatoms. The molecular formula is C11H17N3. The SMILES string of the molecule is CCn1cnnc1C1C2CCCCC21. The Hall–Kier alpha value is -0.860. The summed E-state index contributed by atoms with van der Waals surface area (Å²) in [6.07, 6.45) is 7.58. The van der Waals surface area contributed by atoms with Gasteiger partial charge in [0.25, 0.3) is 0 Å². The van der Waals surface area contributed by atoms with Crippen molar-refractivity contribution in [3.05, 3.63) is 12.2 Å². The molecular weight excluding hydrogens is 174 g/mol. The topological polar surface area (TPSA) is 30.7 Å². The fourth-order valence-electron chi connectivity index (χ4n) is 3.14. The molecule has 76 valence electrons. The first-order valence-electron chi connectivity index (χ1n) is 5.79. The van der Waals surface area contributed by atoms with Crippen LogP contribution in [-0.4, -0.2) is 14.8 Å². The van der Waals surface area contributed by atoms with Crippen LogP contribution in [0.4, 0.5) is 0 Å². The lowest BCUT2D eigenvalue weighted by atomic mass is 10.0. The Kier molecular flexibility index (Phi) is 1.85. The summed E-state index contributed by atoms with van der Waals surface area (Å²) in [6.45, 7) is 3.18. The van der Waals surface area contributed by atoms with E-state index in [1.54, 1.807) is 0 Å². The molecule has 14 heavy (non-hydrogen) atoms. The van der Waals surface area contributed by atoms with Gasteiger partial charge in [-0.25, -0.2) is 0 Å². The molecule has 2 unspecified atom stereocenters. The Bertz CT molecular complexity index is 319. The minimum atomic E-state index is 0.750. The maximum Gasteiger partial charge on any atom is 0.136 e. The van der Waals surface area contributed by atoms with Crippen molar-refractivity contribution < 1.29 is 0 Å². The third kappa shape index (κ3) is 1.11. The molecule has 0 bridgehead atoms. The fourth-order valence-corrected chi connectivity index (χ4v) is 3.14. The molecule has 3 nitrogen and oxygen atoms in total. The summed E-state index contributed by atoms with van der Waals surface area (Å²) < 4.78 is 2.21. The molecule has 0 aromatic carbocycles. The second-order valence-electron chi connectivity index (χ2n) is 4.61. The van der Waals surface area contributed by atoms with Crippen LogP contribution in [0.25, 0.3) is 0 Å². The molecule has 0 spiro atoms. The van der Waals surface area contributed by atoms with Crippen molar-refractivity contribution in [2.45, 2.75) is 45.1 Å². The first-order chi connectivity index (χ1) is 6.92. The van der Waals surface area contributed by atoms with Gasteiger partial charge in [0, 0.05) is 12.5 Å². The molecule has 2 aliphatic rings. The van der Waals surface area contributed by atoms with Crippen molar-refractivity contribution in [2.24, 2.45) is 11.8 Å². The number of rotatable bonds is 2. The Labute approximate surface area is 84.5 Å². The fraction of sp³-hybridized carbons (Fsp3) is 0.818. The van der Waals surface area contributed by atoms with E-state index in [1.165, 1.54) is 31.5 Å². The van der Waals surface area contributed by atoms with Crippen molar-refractivity contribution >= 4 is 0 Å². The van der Waals surface area contributed by atoms with Gasteiger partial charge in [0.15, 0.2) is 0 Å². The van der Waals surface area contributed by atoms with Gasteiger partial charge in [-0.3, -0.25) is 0 Å². The monoisotopic (exact) mass is 191 g/mol. The van der Waals surface area contributed by atoms with Gasteiger partial charge in [-0.15, -0.1) is 10.2 Å². The van der Waals surface area contributed by atoms with E-state index >= 15 is 0 Å². The van der Waals surface area contributed by atoms with Gasteiger partial charge in [-0.05, 0) is 31.6 Å². The molecule has 0 aliphatic heterocycles. The average Bonchev–Trinajstić information content (AvgIpc) is 2.77. The minimum absolute atomic E-state index is 0.750. The smallest absolute Gasteiger partial charge is 0.136 e. The number of aryl methyl sites for hydroxylation is 1. The number of hydrogen-bond acceptors (Lipinski definition) is 2. The van der Waals surface area contributed by atoms with E-state index in [0.717, 1.165) is 24.3 Å². The predicted molar refractivity (Wildman–Crippen MR) is 53.9 cm³/mol. The van der Waals surface area contributed by atoms with Crippen molar-refractivity contribution in [3.8, 4) is 0 Å². The highest BCUT2D eigenvalue weighted by molar-refractivity contribution is 5.16. The standard InChI is InChI=1S/C11H17N3/c1-2-14-7-12-13-11(14)10-8-5-3-4-6-9(8)10/h7-10H,2-6H2,1H3. The molecule has 0 radical (unpaired) electrons. The first-order valence-corrected chi connectivity index (χ1v) is 5.79. The van der Waals surface area contributed by atoms with Crippen molar-refractivity contribution in [1.29, 1.82) is 0 Å². The Morgan fingerprint density at radius 3 is 2.71 bits per heavy atom. The van der Waals surface area contributed by atoms with E-state index in [0.29, 0.717) is 0 Å². The molecule has 0 amide bonds. The lowest BCUT2D eigenvalue weighted by Crippen LogP contribution is -2.00. The zero-order valence-electron chi connectivity index (χ0n) is 8.69. The summed E-state index contributed by atoms with van der Waals surface area (Å²) in [4.78, 5) is 0. The van der Waals surface area contributed by atoms with Gasteiger partial charge in [0.05, 0.1) is 0 Å². The Morgan fingerprint density at radius 2 is 2.07 bits per heavy atom. The minimum Gasteiger partial charge on any atom is -0.318 e. The number of fused-ring (bicyclic) bond motifs is 1. The van der Waals surface area contributed by atoms with Gasteiger partial charge in [0.1, 0.15) is 12.2 Å². The second kappa shape index (κ2) is 3.07. The number of aromatic nitrogens is 3. The lowest BCUT2D eigenvalue weighted by Gasteiger charge is -2.04. The molecule has 2 atom stereocenters. The van der Waals surface area contributed by atoms with Crippen LogP contribution in [0, 0.1) is 11.8 Å². The van der Waals surface area contributed by atoms with Gasteiger partial charge in [-0.2, -0.15) is 0 Å². The van der Waals surface area contributed by atoms with E-state index in [-0.39, 0.29) is 0 Å². The van der Waals surface area contributed by atoms with E-state index in [4.69, 9.17) is 0 Å². The second-order valence-corrected chi connectivity index (χ2v) is 4.61. The Morgan fingerprint density at radius 1 is 1.36 bits per heavy atom. The molecule has 1 aromatic rings. The lowest BCUT2D eigenvalue weighted by molar-refractivity contribution is 0.480. The molecule has 2 saturated carbocycles. The summed E-state index contributed by atoms with van der Waals surface area (Å²) in [7, 11) is 0. The maximum atomic E-state index is 4.29. The Balaban J connectivity index is 1.83. The van der Waals surface area contributed by atoms with Crippen LogP contribution in [-0.2, 0) is 6.54 Å². The van der Waals surface area contributed by atoms with E-state index in [2.05, 4.69) is 21.7 Å². The summed E-state index contributed by atoms with van der Waals surface area (Å²) in [5, 5.41) is 8.31. The summed E-state index contributed by atoms with van der Waals surface area (Å²) in [6, 6.07) is 0. The molecule has 0 N–H and O–H groups in total. The van der Waals surface area contributed by atoms with Gasteiger partial charge < -0.3 is 4.57 Å². The quantitative estimate of drug-likeness (QED) is 0.717. The highest BCUT2D eigenvalue weighted by Crippen LogP contribution is 2.60. The zero-order chi connectivity index (χ0) is 9.54. The van der Waals surface area contributed by atoms with E-state index < -0.39 is 0 Å². The molecule has 1 heterocycles. The molecule has 0 saturated heterocycles. The van der Waals surface area contributed by atoms with Crippen LogP contribution in [0.15, 0.2) is 6.33 Å². The van der Waals surface area contributed by atoms with E-state index in [9.17, 15) is 0 Å². The zero-order valence-corrected chi connectivity index (χ0v) is 8.69. The highest BCUT2D eigenvalue weighted by atomic mass is 15.3. The van der Waals surface area contributed by atoms with E-state index in [1.807, 2.05) is 6.33 Å². The van der Waals surface area contributed by atoms with Crippen LogP contribution in [0.3, 0.4) is 0 Å². The number of hydrogen-bond donors (Lipinski definition) is 0. The number of nitrogens with zero attached hydrogens (tertiary/aromatic N) is 3. The highest BCUT2D eigenvalue weighted by Gasteiger charge is 2.53. The van der Waals surface area contributed by atoms with Crippen molar-refractivity contribution in [2.75, 3.05) is 0 Å². The van der Waals surface area contributed by atoms with Crippen LogP contribution < -0.4 is 0 Å². The predicted octanol–water partition coefficient (Wildman–Crippen LogP) is 2.20. The van der Waals surface area contributed by atoms with Crippen LogP contribution in [0.5, 0.6) is 0 Å². The molecule has 2 fully saturated rings. The van der Waals surface area contributed by atoms with Gasteiger partial charge in [0.2, 0.25) is 0 Å². The normalized spacial score (nSPS) is 35.4. The molecule has 3 rings (SSSR count). The van der Waals surface area contributed by atoms with Crippen molar-refractivity contribution in [3.63, 3.8) is 0 Å². The largest absolute Gasteiger partial charge is 0.318 e. The maximum absolute atomic E-state index is 4.29. The van der Waals surface area contributed by atoms with Crippen LogP contribution in [0.2, 0.25) is 0 Å². The first kappa shape index (κ1) is 8.45. The third-order valence-electron chi connectivity index (χ3n) is 3.94. The summed E-state index contributed by atoms with van der Waals surface area (Å²) in [5.41, 5.74) is 0.